The largest absolute Gasteiger partial charge is 0.493 e. The van der Waals surface area contributed by atoms with E-state index in [0.717, 1.165) is 0 Å². The number of alkyl halides is 2. The van der Waals surface area contributed by atoms with Gasteiger partial charge in [0.05, 0.1) is 32.1 Å². The molecule has 0 bridgehead atoms. The van der Waals surface area contributed by atoms with E-state index in [1.165, 1.54) is 18.2 Å². The second-order valence-electron chi connectivity index (χ2n) is 3.49. The van der Waals surface area contributed by atoms with E-state index < -0.39 is 5.92 Å². The van der Waals surface area contributed by atoms with Crippen molar-refractivity contribution in [3.05, 3.63) is 12.3 Å². The predicted molar refractivity (Wildman–Crippen MR) is 52.4 cm³/mol. The Morgan fingerprint density at radius 1 is 1.53 bits per heavy atom. The summed E-state index contributed by atoms with van der Waals surface area (Å²) in [6.07, 6.45) is 1.47. The first-order valence-corrected chi connectivity index (χ1v) is 4.44. The van der Waals surface area contributed by atoms with Gasteiger partial charge in [0, 0.05) is 6.07 Å². The summed E-state index contributed by atoms with van der Waals surface area (Å²) < 4.78 is 30.2. The van der Waals surface area contributed by atoms with Crippen molar-refractivity contribution in [2.24, 2.45) is 0 Å². The third-order valence-electron chi connectivity index (χ3n) is 2.30. The van der Waals surface area contributed by atoms with Crippen LogP contribution in [-0.2, 0) is 0 Å². The number of ether oxygens (including phenoxy) is 1. The summed E-state index contributed by atoms with van der Waals surface area (Å²) in [6, 6.07) is 1.61. The minimum atomic E-state index is -2.59. The molecule has 1 aliphatic rings. The summed E-state index contributed by atoms with van der Waals surface area (Å²) in [6.45, 7) is -0.552. The Bertz CT molecular complexity index is 376. The number of nitrogen functional groups attached to an aromatic ring is 1. The maximum absolute atomic E-state index is 12.6. The first-order chi connectivity index (χ1) is 7.02. The van der Waals surface area contributed by atoms with E-state index in [4.69, 9.17) is 10.5 Å². The van der Waals surface area contributed by atoms with Gasteiger partial charge >= 0.3 is 0 Å². The molecular weight excluding hydrogens is 204 g/mol. The van der Waals surface area contributed by atoms with E-state index in [-0.39, 0.29) is 18.9 Å². The molecule has 0 spiro atoms. The fourth-order valence-corrected chi connectivity index (χ4v) is 1.48. The molecule has 0 amide bonds. The summed E-state index contributed by atoms with van der Waals surface area (Å²) in [5.74, 6) is -1.93. The molecule has 82 valence electrons. The van der Waals surface area contributed by atoms with E-state index in [9.17, 15) is 8.78 Å². The van der Waals surface area contributed by atoms with Crippen molar-refractivity contribution in [1.29, 1.82) is 0 Å². The molecule has 0 unspecified atom stereocenters. The van der Waals surface area contributed by atoms with Crippen molar-refractivity contribution in [1.82, 2.24) is 4.98 Å². The molecule has 1 fully saturated rings. The lowest BCUT2D eigenvalue weighted by Crippen LogP contribution is -2.56. The number of anilines is 2. The Morgan fingerprint density at radius 3 is 2.73 bits per heavy atom. The second kappa shape index (κ2) is 3.22. The van der Waals surface area contributed by atoms with Gasteiger partial charge in [0.1, 0.15) is 0 Å². The van der Waals surface area contributed by atoms with Crippen LogP contribution >= 0.6 is 0 Å². The number of aromatic nitrogens is 1. The molecule has 15 heavy (non-hydrogen) atoms. The molecular formula is C9H11F2N3O. The average molecular weight is 215 g/mol. The van der Waals surface area contributed by atoms with Crippen molar-refractivity contribution < 1.29 is 13.5 Å². The van der Waals surface area contributed by atoms with Gasteiger partial charge in [-0.05, 0) is 0 Å². The normalized spacial score (nSPS) is 18.5. The van der Waals surface area contributed by atoms with Crippen LogP contribution in [0.15, 0.2) is 12.3 Å². The zero-order valence-electron chi connectivity index (χ0n) is 8.20. The number of halogens is 2. The molecule has 2 N–H and O–H groups in total. The molecule has 1 aliphatic heterocycles. The third kappa shape index (κ3) is 1.79. The molecule has 0 radical (unpaired) electrons. The van der Waals surface area contributed by atoms with Crippen LogP contribution in [0.25, 0.3) is 0 Å². The van der Waals surface area contributed by atoms with Gasteiger partial charge in [-0.25, -0.2) is 13.8 Å². The van der Waals surface area contributed by atoms with Gasteiger partial charge in [-0.1, -0.05) is 0 Å². The molecule has 4 nitrogen and oxygen atoms in total. The summed E-state index contributed by atoms with van der Waals surface area (Å²) >= 11 is 0. The molecule has 0 saturated carbocycles. The average Bonchev–Trinajstić information content (AvgIpc) is 2.15. The Hall–Kier alpha value is -1.59. The van der Waals surface area contributed by atoms with Crippen LogP contribution in [-0.4, -0.2) is 31.1 Å². The van der Waals surface area contributed by atoms with Crippen LogP contribution in [0.2, 0.25) is 0 Å². The van der Waals surface area contributed by atoms with Crippen LogP contribution in [0.4, 0.5) is 20.3 Å². The first-order valence-electron chi connectivity index (χ1n) is 4.44. The van der Waals surface area contributed by atoms with Crippen LogP contribution in [0.3, 0.4) is 0 Å². The highest BCUT2D eigenvalue weighted by Gasteiger charge is 2.44. The molecule has 2 heterocycles. The zero-order chi connectivity index (χ0) is 11.1. The Kier molecular flexibility index (Phi) is 2.13. The maximum atomic E-state index is 12.6. The van der Waals surface area contributed by atoms with Crippen molar-refractivity contribution >= 4 is 11.5 Å². The minimum Gasteiger partial charge on any atom is -0.493 e. The van der Waals surface area contributed by atoms with E-state index in [0.29, 0.717) is 11.4 Å². The van der Waals surface area contributed by atoms with Crippen LogP contribution < -0.4 is 15.4 Å². The fraction of sp³-hybridized carbons (Fsp3) is 0.444. The molecule has 1 saturated heterocycles. The van der Waals surface area contributed by atoms with Crippen molar-refractivity contribution in [3.8, 4) is 5.75 Å². The molecule has 0 aliphatic carbocycles. The van der Waals surface area contributed by atoms with Crippen molar-refractivity contribution in [2.45, 2.75) is 5.92 Å². The van der Waals surface area contributed by atoms with Crippen LogP contribution in [0, 0.1) is 0 Å². The van der Waals surface area contributed by atoms with Crippen molar-refractivity contribution in [3.63, 3.8) is 0 Å². The first kappa shape index (κ1) is 9.95. The van der Waals surface area contributed by atoms with E-state index in [1.54, 1.807) is 6.07 Å². The van der Waals surface area contributed by atoms with Gasteiger partial charge in [-0.2, -0.15) is 0 Å². The lowest BCUT2D eigenvalue weighted by molar-refractivity contribution is -0.0263. The minimum absolute atomic E-state index is 0.258. The SMILES string of the molecule is COc1cc(N2CC(F)(F)C2)cnc1N. The van der Waals surface area contributed by atoms with Gasteiger partial charge < -0.3 is 15.4 Å². The molecule has 1 aromatic heterocycles. The number of nitrogens with two attached hydrogens (primary N) is 1. The Morgan fingerprint density at radius 2 is 2.20 bits per heavy atom. The highest BCUT2D eigenvalue weighted by atomic mass is 19.3. The van der Waals surface area contributed by atoms with Gasteiger partial charge in [-0.15, -0.1) is 0 Å². The molecule has 2 rings (SSSR count). The predicted octanol–water partition coefficient (Wildman–Crippen LogP) is 1.13. The summed E-state index contributed by atoms with van der Waals surface area (Å²) in [5, 5.41) is 0. The highest BCUT2D eigenvalue weighted by Crippen LogP contribution is 2.33. The van der Waals surface area contributed by atoms with Gasteiger partial charge in [0.25, 0.3) is 5.92 Å². The molecule has 1 aromatic rings. The Labute approximate surface area is 85.6 Å². The number of pyridine rings is 1. The van der Waals surface area contributed by atoms with Crippen molar-refractivity contribution in [2.75, 3.05) is 30.8 Å². The van der Waals surface area contributed by atoms with Gasteiger partial charge in [0.2, 0.25) is 0 Å². The van der Waals surface area contributed by atoms with E-state index in [2.05, 4.69) is 4.98 Å². The standard InChI is InChI=1S/C9H11F2N3O/c1-15-7-2-6(3-13-8(7)12)14-4-9(10,11)5-14/h2-3H,4-5H2,1H3,(H2,12,13). The smallest absolute Gasteiger partial charge is 0.282 e. The second-order valence-corrected chi connectivity index (χ2v) is 3.49. The zero-order valence-corrected chi connectivity index (χ0v) is 8.20. The number of nitrogens with zero attached hydrogens (tertiary/aromatic N) is 2. The van der Waals surface area contributed by atoms with Crippen LogP contribution in [0.1, 0.15) is 0 Å². The number of hydrogen-bond donors (Lipinski definition) is 1. The number of rotatable bonds is 2. The summed E-state index contributed by atoms with van der Waals surface area (Å²) in [4.78, 5) is 5.39. The number of hydrogen-bond acceptors (Lipinski definition) is 4. The van der Waals surface area contributed by atoms with Gasteiger partial charge in [-0.3, -0.25) is 0 Å². The lowest BCUT2D eigenvalue weighted by Gasteiger charge is -2.40. The number of methoxy groups -OCH3 is 1. The van der Waals surface area contributed by atoms with Crippen LogP contribution in [0.5, 0.6) is 5.75 Å². The van der Waals surface area contributed by atoms with Gasteiger partial charge in [0.15, 0.2) is 11.6 Å². The third-order valence-corrected chi connectivity index (χ3v) is 2.30. The molecule has 0 atom stereocenters. The summed E-state index contributed by atoms with van der Waals surface area (Å²) in [7, 11) is 1.46. The van der Waals surface area contributed by atoms with E-state index >= 15 is 0 Å². The fourth-order valence-electron chi connectivity index (χ4n) is 1.48. The summed E-state index contributed by atoms with van der Waals surface area (Å²) in [5.41, 5.74) is 6.11. The topological polar surface area (TPSA) is 51.4 Å². The quantitative estimate of drug-likeness (QED) is 0.803. The van der Waals surface area contributed by atoms with E-state index in [1.807, 2.05) is 0 Å². The monoisotopic (exact) mass is 215 g/mol. The molecule has 6 heteroatoms. The highest BCUT2D eigenvalue weighted by molar-refractivity contribution is 5.58. The lowest BCUT2D eigenvalue weighted by atomic mass is 10.1. The molecule has 0 aromatic carbocycles. The maximum Gasteiger partial charge on any atom is 0.282 e. The Balaban J connectivity index is 2.17.